The molecule has 1 saturated heterocycles. The van der Waals surface area contributed by atoms with Crippen molar-refractivity contribution < 1.29 is 13.2 Å². The molecule has 0 radical (unpaired) electrons. The van der Waals surface area contributed by atoms with Crippen molar-refractivity contribution in [1.82, 2.24) is 9.80 Å². The van der Waals surface area contributed by atoms with Gasteiger partial charge in [-0.25, -0.2) is 8.42 Å². The molecule has 8 heteroatoms. The van der Waals surface area contributed by atoms with Crippen LogP contribution >= 0.6 is 11.6 Å². The number of carbonyl (C=O) groups excluding carboxylic acids is 1. The van der Waals surface area contributed by atoms with Crippen LogP contribution in [-0.2, 0) is 16.6 Å². The van der Waals surface area contributed by atoms with E-state index in [1.54, 1.807) is 23.1 Å². The Hall–Kier alpha value is -2.09. The van der Waals surface area contributed by atoms with Crippen molar-refractivity contribution in [3.63, 3.8) is 0 Å². The van der Waals surface area contributed by atoms with Gasteiger partial charge in [-0.05, 0) is 23.8 Å². The van der Waals surface area contributed by atoms with Crippen LogP contribution in [0.5, 0.6) is 0 Å². The van der Waals surface area contributed by atoms with Crippen molar-refractivity contribution >= 4 is 33.2 Å². The van der Waals surface area contributed by atoms with Crippen molar-refractivity contribution in [1.29, 1.82) is 0 Å². The molecule has 0 aliphatic carbocycles. The van der Waals surface area contributed by atoms with Crippen molar-refractivity contribution in [3.8, 4) is 0 Å². The number of rotatable bonds is 5. The number of carbonyl (C=O) groups is 1. The van der Waals surface area contributed by atoms with Crippen molar-refractivity contribution in [3.05, 3.63) is 64.7 Å². The second kappa shape index (κ2) is 8.51. The van der Waals surface area contributed by atoms with Crippen LogP contribution in [0.1, 0.15) is 15.9 Å². The molecular weight excluding hydrogens is 398 g/mol. The highest BCUT2D eigenvalue weighted by molar-refractivity contribution is 7.92. The molecule has 0 saturated carbocycles. The minimum atomic E-state index is -3.47. The molecule has 1 heterocycles. The number of hydrogen-bond donors (Lipinski definition) is 0. The Morgan fingerprint density at radius 2 is 1.71 bits per heavy atom. The summed E-state index contributed by atoms with van der Waals surface area (Å²) in [5, 5.41) is 0.289. The molecule has 1 amide bonds. The minimum Gasteiger partial charge on any atom is -0.336 e. The smallest absolute Gasteiger partial charge is 0.254 e. The van der Waals surface area contributed by atoms with Crippen LogP contribution in [-0.4, -0.2) is 63.6 Å². The number of benzene rings is 2. The number of halogens is 1. The van der Waals surface area contributed by atoms with E-state index in [-0.39, 0.29) is 10.9 Å². The molecule has 28 heavy (non-hydrogen) atoms. The highest BCUT2D eigenvalue weighted by atomic mass is 35.5. The summed E-state index contributed by atoms with van der Waals surface area (Å²) in [4.78, 5) is 17.0. The van der Waals surface area contributed by atoms with E-state index < -0.39 is 10.0 Å². The third-order valence-electron chi connectivity index (χ3n) is 4.94. The predicted molar refractivity (Wildman–Crippen MR) is 112 cm³/mol. The van der Waals surface area contributed by atoms with Gasteiger partial charge in [0.1, 0.15) is 0 Å². The lowest BCUT2D eigenvalue weighted by molar-refractivity contribution is 0.0628. The fourth-order valence-corrected chi connectivity index (χ4v) is 4.00. The van der Waals surface area contributed by atoms with Crippen LogP contribution in [0.15, 0.2) is 48.5 Å². The van der Waals surface area contributed by atoms with Crippen LogP contribution < -0.4 is 4.31 Å². The lowest BCUT2D eigenvalue weighted by Crippen LogP contribution is -2.48. The van der Waals surface area contributed by atoms with E-state index in [9.17, 15) is 13.2 Å². The molecule has 0 unspecified atom stereocenters. The van der Waals surface area contributed by atoms with E-state index in [1.165, 1.54) is 12.6 Å². The quantitative estimate of drug-likeness (QED) is 0.744. The maximum absolute atomic E-state index is 12.9. The third kappa shape index (κ3) is 4.84. The van der Waals surface area contributed by atoms with Gasteiger partial charge in [0.2, 0.25) is 10.0 Å². The number of anilines is 1. The van der Waals surface area contributed by atoms with E-state index in [0.29, 0.717) is 24.3 Å². The average molecular weight is 422 g/mol. The van der Waals surface area contributed by atoms with Gasteiger partial charge in [0.15, 0.2) is 0 Å². The van der Waals surface area contributed by atoms with E-state index in [1.807, 2.05) is 18.2 Å². The van der Waals surface area contributed by atoms with Crippen molar-refractivity contribution in [2.24, 2.45) is 0 Å². The van der Waals surface area contributed by atoms with Gasteiger partial charge in [0, 0.05) is 45.3 Å². The van der Waals surface area contributed by atoms with E-state index in [4.69, 9.17) is 11.6 Å². The number of hydrogen-bond acceptors (Lipinski definition) is 4. The van der Waals surface area contributed by atoms with Gasteiger partial charge in [0.25, 0.3) is 5.91 Å². The van der Waals surface area contributed by atoms with E-state index in [0.717, 1.165) is 30.2 Å². The lowest BCUT2D eigenvalue weighted by Gasteiger charge is -2.35. The molecule has 2 aromatic rings. The van der Waals surface area contributed by atoms with Gasteiger partial charge in [-0.3, -0.25) is 14.0 Å². The predicted octanol–water partition coefficient (Wildman–Crippen LogP) is 2.69. The molecule has 6 nitrogen and oxygen atoms in total. The molecule has 1 aliphatic rings. The minimum absolute atomic E-state index is 0.112. The average Bonchev–Trinajstić information content (AvgIpc) is 2.68. The maximum Gasteiger partial charge on any atom is 0.254 e. The second-order valence-corrected chi connectivity index (χ2v) is 9.37. The molecule has 1 aliphatic heterocycles. The summed E-state index contributed by atoms with van der Waals surface area (Å²) < 4.78 is 24.7. The molecule has 1 fully saturated rings. The van der Waals surface area contributed by atoms with Crippen molar-refractivity contribution in [2.45, 2.75) is 6.54 Å². The fourth-order valence-electron chi connectivity index (χ4n) is 3.20. The van der Waals surface area contributed by atoms with Crippen LogP contribution in [0.25, 0.3) is 0 Å². The molecule has 3 rings (SSSR count). The normalized spacial score (nSPS) is 15.5. The van der Waals surface area contributed by atoms with Gasteiger partial charge in [-0.2, -0.15) is 0 Å². The zero-order valence-corrected chi connectivity index (χ0v) is 17.6. The van der Waals surface area contributed by atoms with Crippen LogP contribution in [0, 0.1) is 0 Å². The van der Waals surface area contributed by atoms with Crippen molar-refractivity contribution in [2.75, 3.05) is 43.8 Å². The van der Waals surface area contributed by atoms with E-state index in [2.05, 4.69) is 17.0 Å². The summed E-state index contributed by atoms with van der Waals surface area (Å²) >= 11 is 6.15. The number of sulfonamides is 1. The Labute approximate surface area is 171 Å². The molecular formula is C20H24ClN3O3S. The highest BCUT2D eigenvalue weighted by Gasteiger charge is 2.24. The maximum atomic E-state index is 12.9. The monoisotopic (exact) mass is 421 g/mol. The number of piperazine rings is 1. The number of nitrogens with zero attached hydrogens (tertiary/aromatic N) is 3. The first kappa shape index (κ1) is 20.6. The zero-order chi connectivity index (χ0) is 20.3. The number of amides is 1. The van der Waals surface area contributed by atoms with Gasteiger partial charge >= 0.3 is 0 Å². The Kier molecular flexibility index (Phi) is 6.27. The highest BCUT2D eigenvalue weighted by Crippen LogP contribution is 2.28. The van der Waals surface area contributed by atoms with Crippen LogP contribution in [0.2, 0.25) is 5.02 Å². The topological polar surface area (TPSA) is 60.9 Å². The molecule has 0 aromatic heterocycles. The lowest BCUT2D eigenvalue weighted by atomic mass is 10.1. The summed E-state index contributed by atoms with van der Waals surface area (Å²) in [5.41, 5.74) is 2.00. The van der Waals surface area contributed by atoms with Crippen LogP contribution in [0.4, 0.5) is 5.69 Å². The summed E-state index contributed by atoms with van der Waals surface area (Å²) in [6, 6.07) is 15.0. The molecule has 0 bridgehead atoms. The Bertz CT molecular complexity index is 942. The molecule has 150 valence electrons. The first-order valence-electron chi connectivity index (χ1n) is 9.05. The summed E-state index contributed by atoms with van der Waals surface area (Å²) in [7, 11) is -2.04. The van der Waals surface area contributed by atoms with Gasteiger partial charge in [0.05, 0.1) is 17.0 Å². The molecule has 0 spiro atoms. The summed E-state index contributed by atoms with van der Waals surface area (Å²) in [6.45, 7) is 3.72. The van der Waals surface area contributed by atoms with Gasteiger partial charge < -0.3 is 4.90 Å². The van der Waals surface area contributed by atoms with Gasteiger partial charge in [-0.15, -0.1) is 0 Å². The largest absolute Gasteiger partial charge is 0.336 e. The first-order chi connectivity index (χ1) is 13.3. The first-order valence-corrected chi connectivity index (χ1v) is 11.3. The van der Waals surface area contributed by atoms with Crippen LogP contribution in [0.3, 0.4) is 0 Å². The Morgan fingerprint density at radius 3 is 2.32 bits per heavy atom. The fraction of sp³-hybridized carbons (Fsp3) is 0.350. The second-order valence-electron chi connectivity index (χ2n) is 6.95. The SMILES string of the molecule is CN(c1cc(C(=O)N2CCN(Cc3ccccc3)CC2)ccc1Cl)S(C)(=O)=O. The van der Waals surface area contributed by atoms with Gasteiger partial charge in [-0.1, -0.05) is 41.9 Å². The molecule has 0 N–H and O–H groups in total. The Balaban J connectivity index is 1.67. The standard InChI is InChI=1S/C20H24ClN3O3S/c1-22(28(2,26)27)19-14-17(8-9-18(19)21)20(25)24-12-10-23(11-13-24)15-16-6-4-3-5-7-16/h3-9,14H,10-13,15H2,1-2H3. The molecule has 2 aromatic carbocycles. The van der Waals surface area contributed by atoms with E-state index >= 15 is 0 Å². The summed E-state index contributed by atoms with van der Waals surface area (Å²) in [6.07, 6.45) is 1.10. The zero-order valence-electron chi connectivity index (χ0n) is 16.0. The molecule has 0 atom stereocenters. The summed E-state index contributed by atoms with van der Waals surface area (Å²) in [5.74, 6) is -0.112. The Morgan fingerprint density at radius 1 is 1.07 bits per heavy atom. The third-order valence-corrected chi connectivity index (χ3v) is 6.45.